The molecule has 0 bridgehead atoms. The highest BCUT2D eigenvalue weighted by Crippen LogP contribution is 2.26. The van der Waals surface area contributed by atoms with Crippen LogP contribution >= 0.6 is 11.3 Å². The van der Waals surface area contributed by atoms with Crippen molar-refractivity contribution in [2.24, 2.45) is 5.92 Å². The van der Waals surface area contributed by atoms with E-state index in [0.717, 1.165) is 0 Å². The molecule has 0 spiro atoms. The number of ketones is 1. The molecule has 8 heteroatoms. The largest absolute Gasteiger partial charge is 0.394 e. The summed E-state index contributed by atoms with van der Waals surface area (Å²) >= 11 is 1.23. The van der Waals surface area contributed by atoms with E-state index in [4.69, 9.17) is 4.74 Å². The second-order valence-corrected chi connectivity index (χ2v) is 7.33. The van der Waals surface area contributed by atoms with Crippen molar-refractivity contribution in [1.82, 2.24) is 4.98 Å². The van der Waals surface area contributed by atoms with Crippen molar-refractivity contribution in [2.45, 2.75) is 57.2 Å². The van der Waals surface area contributed by atoms with Gasteiger partial charge in [-0.05, 0) is 5.92 Å². The number of hydrogen-bond acceptors (Lipinski definition) is 8. The number of thiazole rings is 1. The van der Waals surface area contributed by atoms with E-state index in [1.807, 2.05) is 13.8 Å². The predicted molar refractivity (Wildman–Crippen MR) is 83.4 cm³/mol. The first-order chi connectivity index (χ1) is 10.8. The van der Waals surface area contributed by atoms with E-state index < -0.39 is 37.1 Å². The van der Waals surface area contributed by atoms with Gasteiger partial charge in [-0.2, -0.15) is 0 Å². The fraction of sp³-hybridized carbons (Fsp3) is 0.733. The molecule has 2 rings (SSSR count). The monoisotopic (exact) mass is 345 g/mol. The third-order valence-electron chi connectivity index (χ3n) is 3.79. The molecule has 0 aromatic carbocycles. The summed E-state index contributed by atoms with van der Waals surface area (Å²) in [7, 11) is 0. The third kappa shape index (κ3) is 4.34. The van der Waals surface area contributed by atoms with Crippen LogP contribution in [0.25, 0.3) is 0 Å². The summed E-state index contributed by atoms with van der Waals surface area (Å²) in [5, 5.41) is 39.3. The van der Waals surface area contributed by atoms with Crippen LogP contribution in [-0.2, 0) is 11.2 Å². The second-order valence-electron chi connectivity index (χ2n) is 6.21. The maximum Gasteiger partial charge on any atom is 0.174 e. The zero-order valence-corrected chi connectivity index (χ0v) is 13.9. The molecule has 5 atom stereocenters. The quantitative estimate of drug-likeness (QED) is 0.525. The SMILES string of the molecule is CC(C)CC(=O)c1cnc(CC2OC(CO)C(O)C(O)C2O)s1. The molecule has 130 valence electrons. The molecule has 1 fully saturated rings. The molecule has 23 heavy (non-hydrogen) atoms. The van der Waals surface area contributed by atoms with Crippen LogP contribution < -0.4 is 0 Å². The number of hydrogen-bond donors (Lipinski definition) is 4. The van der Waals surface area contributed by atoms with Crippen LogP contribution in [0, 0.1) is 5.92 Å². The van der Waals surface area contributed by atoms with Crippen LogP contribution in [0.2, 0.25) is 0 Å². The fourth-order valence-electron chi connectivity index (χ4n) is 2.52. The van der Waals surface area contributed by atoms with Crippen molar-refractivity contribution >= 4 is 17.1 Å². The smallest absolute Gasteiger partial charge is 0.174 e. The van der Waals surface area contributed by atoms with Crippen LogP contribution in [0.1, 0.15) is 34.9 Å². The lowest BCUT2D eigenvalue weighted by molar-refractivity contribution is -0.228. The standard InChI is InChI=1S/C15H23NO6S/c1-7(2)3-8(18)11-5-16-12(23-11)4-9-13(19)15(21)14(20)10(6-17)22-9/h5,7,9-10,13-15,17,19-21H,3-4,6H2,1-2H3. The van der Waals surface area contributed by atoms with Gasteiger partial charge in [-0.1, -0.05) is 13.8 Å². The maximum absolute atomic E-state index is 12.0. The molecule has 2 heterocycles. The van der Waals surface area contributed by atoms with Gasteiger partial charge in [-0.25, -0.2) is 4.98 Å². The van der Waals surface area contributed by atoms with E-state index in [1.165, 1.54) is 17.5 Å². The van der Waals surface area contributed by atoms with Gasteiger partial charge >= 0.3 is 0 Å². The number of ether oxygens (including phenoxy) is 1. The van der Waals surface area contributed by atoms with Crippen LogP contribution in [-0.4, -0.2) is 68.3 Å². The summed E-state index contributed by atoms with van der Waals surface area (Å²) in [5.41, 5.74) is 0. The molecule has 5 unspecified atom stereocenters. The normalized spacial score (nSPS) is 31.5. The third-order valence-corrected chi connectivity index (χ3v) is 4.85. The number of aromatic nitrogens is 1. The van der Waals surface area contributed by atoms with Crippen molar-refractivity contribution in [2.75, 3.05) is 6.61 Å². The van der Waals surface area contributed by atoms with Crippen molar-refractivity contribution in [3.8, 4) is 0 Å². The number of nitrogens with zero attached hydrogens (tertiary/aromatic N) is 1. The Morgan fingerprint density at radius 1 is 1.26 bits per heavy atom. The summed E-state index contributed by atoms with van der Waals surface area (Å²) in [6, 6.07) is 0. The molecule has 1 aliphatic heterocycles. The predicted octanol–water partition coefficient (Wildman–Crippen LogP) is -0.243. The Hall–Kier alpha value is -0.900. The summed E-state index contributed by atoms with van der Waals surface area (Å²) < 4.78 is 5.44. The molecule has 1 aromatic heterocycles. The molecule has 0 radical (unpaired) electrons. The first kappa shape index (κ1) is 18.4. The summed E-state index contributed by atoms with van der Waals surface area (Å²) in [6.07, 6.45) is -3.63. The Labute approximate surface area is 138 Å². The Morgan fingerprint density at radius 3 is 2.52 bits per heavy atom. The van der Waals surface area contributed by atoms with Gasteiger partial charge in [0.25, 0.3) is 0 Å². The molecule has 0 saturated carbocycles. The van der Waals surface area contributed by atoms with Gasteiger partial charge < -0.3 is 25.2 Å². The number of Topliss-reactive ketones (excluding diaryl/α,β-unsaturated/α-hetero) is 1. The molecule has 1 aliphatic rings. The van der Waals surface area contributed by atoms with E-state index in [2.05, 4.69) is 4.98 Å². The van der Waals surface area contributed by atoms with Gasteiger partial charge in [0.2, 0.25) is 0 Å². The van der Waals surface area contributed by atoms with Gasteiger partial charge in [-0.15, -0.1) is 11.3 Å². The van der Waals surface area contributed by atoms with E-state index in [1.54, 1.807) is 0 Å². The fourth-order valence-corrected chi connectivity index (χ4v) is 3.43. The zero-order valence-electron chi connectivity index (χ0n) is 13.1. The highest BCUT2D eigenvalue weighted by molar-refractivity contribution is 7.13. The number of aliphatic hydroxyl groups excluding tert-OH is 4. The van der Waals surface area contributed by atoms with Gasteiger partial charge in [0, 0.05) is 19.0 Å². The second kappa shape index (κ2) is 7.78. The summed E-state index contributed by atoms with van der Waals surface area (Å²) in [4.78, 5) is 16.7. The average Bonchev–Trinajstić information content (AvgIpc) is 2.96. The first-order valence-corrected chi connectivity index (χ1v) is 8.43. The first-order valence-electron chi connectivity index (χ1n) is 7.61. The van der Waals surface area contributed by atoms with Crippen LogP contribution in [0.5, 0.6) is 0 Å². The molecule has 0 amide bonds. The maximum atomic E-state index is 12.0. The van der Waals surface area contributed by atoms with Crippen molar-refractivity contribution in [3.63, 3.8) is 0 Å². The topological polar surface area (TPSA) is 120 Å². The number of carbonyl (C=O) groups excluding carboxylic acids is 1. The average molecular weight is 345 g/mol. The molecule has 1 aromatic rings. The highest BCUT2D eigenvalue weighted by atomic mass is 32.1. The minimum absolute atomic E-state index is 0.0255. The highest BCUT2D eigenvalue weighted by Gasteiger charge is 2.43. The lowest BCUT2D eigenvalue weighted by Crippen LogP contribution is -2.58. The molecular weight excluding hydrogens is 322 g/mol. The van der Waals surface area contributed by atoms with Gasteiger partial charge in [0.05, 0.1) is 22.6 Å². The zero-order chi connectivity index (χ0) is 17.1. The van der Waals surface area contributed by atoms with E-state index in [0.29, 0.717) is 16.3 Å². The number of rotatable bonds is 6. The van der Waals surface area contributed by atoms with E-state index >= 15 is 0 Å². The number of carbonyl (C=O) groups is 1. The Bertz CT molecular complexity index is 532. The van der Waals surface area contributed by atoms with Crippen LogP contribution in [0.4, 0.5) is 0 Å². The minimum Gasteiger partial charge on any atom is -0.394 e. The summed E-state index contributed by atoms with van der Waals surface area (Å²) in [6.45, 7) is 3.47. The molecule has 0 aliphatic carbocycles. The Morgan fingerprint density at radius 2 is 1.91 bits per heavy atom. The molecule has 1 saturated heterocycles. The van der Waals surface area contributed by atoms with Gasteiger partial charge in [0.15, 0.2) is 5.78 Å². The lowest BCUT2D eigenvalue weighted by Gasteiger charge is -2.39. The molecule has 7 nitrogen and oxygen atoms in total. The van der Waals surface area contributed by atoms with Crippen LogP contribution in [0.3, 0.4) is 0 Å². The summed E-state index contributed by atoms with van der Waals surface area (Å²) in [5.74, 6) is 0.288. The van der Waals surface area contributed by atoms with Crippen molar-refractivity contribution in [1.29, 1.82) is 0 Å². The van der Waals surface area contributed by atoms with E-state index in [-0.39, 0.29) is 18.1 Å². The molecular formula is C15H23NO6S. The molecule has 4 N–H and O–H groups in total. The Kier molecular flexibility index (Phi) is 6.24. The van der Waals surface area contributed by atoms with Gasteiger partial charge in [-0.3, -0.25) is 4.79 Å². The minimum atomic E-state index is -1.40. The van der Waals surface area contributed by atoms with Gasteiger partial charge in [0.1, 0.15) is 24.4 Å². The van der Waals surface area contributed by atoms with Crippen molar-refractivity contribution in [3.05, 3.63) is 16.1 Å². The van der Waals surface area contributed by atoms with Crippen molar-refractivity contribution < 1.29 is 30.0 Å². The Balaban J connectivity index is 2.04. The van der Waals surface area contributed by atoms with Crippen LogP contribution in [0.15, 0.2) is 6.20 Å². The van der Waals surface area contributed by atoms with E-state index in [9.17, 15) is 25.2 Å². The number of aliphatic hydroxyl groups is 4. The lowest BCUT2D eigenvalue weighted by atomic mass is 9.94.